The van der Waals surface area contributed by atoms with E-state index in [0.717, 1.165) is 31.5 Å². The summed E-state index contributed by atoms with van der Waals surface area (Å²) in [6.45, 7) is 2.88. The number of piperidine rings is 1. The van der Waals surface area contributed by atoms with E-state index in [9.17, 15) is 13.2 Å². The second-order valence-electron chi connectivity index (χ2n) is 5.76. The Morgan fingerprint density at radius 1 is 1.39 bits per heavy atom. The molecule has 9 heteroatoms. The van der Waals surface area contributed by atoms with Crippen molar-refractivity contribution in [3.8, 4) is 5.88 Å². The molecule has 1 aliphatic heterocycles. The molecule has 0 aliphatic carbocycles. The van der Waals surface area contributed by atoms with Crippen LogP contribution < -0.4 is 10.1 Å². The summed E-state index contributed by atoms with van der Waals surface area (Å²) in [7, 11) is 3.54. The fraction of sp³-hybridized carbons (Fsp3) is 0.786. The van der Waals surface area contributed by atoms with Gasteiger partial charge in [-0.3, -0.25) is 4.90 Å². The van der Waals surface area contributed by atoms with Gasteiger partial charge in [0.1, 0.15) is 0 Å². The van der Waals surface area contributed by atoms with E-state index in [2.05, 4.69) is 15.3 Å². The Morgan fingerprint density at radius 3 is 2.70 bits per heavy atom. The van der Waals surface area contributed by atoms with E-state index in [4.69, 9.17) is 4.74 Å². The largest absolute Gasteiger partial charge is 0.468 e. The normalized spacial score (nSPS) is 19.5. The molecule has 0 radical (unpaired) electrons. The lowest BCUT2D eigenvalue weighted by Gasteiger charge is -2.32. The van der Waals surface area contributed by atoms with Gasteiger partial charge in [-0.25, -0.2) is 4.68 Å². The summed E-state index contributed by atoms with van der Waals surface area (Å²) < 4.78 is 43.5. The van der Waals surface area contributed by atoms with E-state index in [1.165, 1.54) is 4.68 Å². The molecule has 1 fully saturated rings. The predicted molar refractivity (Wildman–Crippen MR) is 84.1 cm³/mol. The smallest absolute Gasteiger partial charge is 0.422 e. The molecule has 2 heterocycles. The molecule has 1 N–H and O–H groups in total. The number of aryl methyl sites for hydroxylation is 2. The number of alkyl halides is 3. The molecule has 1 aliphatic rings. The van der Waals surface area contributed by atoms with Crippen LogP contribution in [0.2, 0.25) is 0 Å². The van der Waals surface area contributed by atoms with Crippen LogP contribution in [0.5, 0.6) is 5.88 Å². The van der Waals surface area contributed by atoms with E-state index >= 15 is 0 Å². The van der Waals surface area contributed by atoms with E-state index in [-0.39, 0.29) is 18.3 Å². The van der Waals surface area contributed by atoms with Gasteiger partial charge in [-0.1, -0.05) is 0 Å². The number of rotatable bonds is 5. The number of nitrogens with zero attached hydrogens (tertiary/aromatic N) is 3. The number of ether oxygens (including phenoxy) is 1. The molecular weight excluding hydrogens is 333 g/mol. The number of aromatic nitrogens is 2. The lowest BCUT2D eigenvalue weighted by molar-refractivity contribution is -0.154. The molecule has 1 aromatic rings. The summed E-state index contributed by atoms with van der Waals surface area (Å²) in [5, 5.41) is 7.46. The Morgan fingerprint density at radius 2 is 2.09 bits per heavy atom. The van der Waals surface area contributed by atoms with Crippen molar-refractivity contribution in [1.82, 2.24) is 20.0 Å². The Kier molecular flexibility index (Phi) is 7.16. The molecule has 1 saturated heterocycles. The first-order chi connectivity index (χ1) is 10.3. The highest BCUT2D eigenvalue weighted by atomic mass is 35.5. The van der Waals surface area contributed by atoms with Crippen LogP contribution in [0.15, 0.2) is 0 Å². The lowest BCUT2D eigenvalue weighted by atomic mass is 10.1. The van der Waals surface area contributed by atoms with Crippen LogP contribution in [0.25, 0.3) is 0 Å². The van der Waals surface area contributed by atoms with Crippen LogP contribution in [0.3, 0.4) is 0 Å². The third-order valence-electron chi connectivity index (χ3n) is 3.96. The minimum Gasteiger partial charge on any atom is -0.468 e. The maximum atomic E-state index is 12.4. The third kappa shape index (κ3) is 5.54. The predicted octanol–water partition coefficient (Wildman–Crippen LogP) is 2.28. The van der Waals surface area contributed by atoms with Crippen molar-refractivity contribution in [3.05, 3.63) is 11.3 Å². The molecule has 1 atom stereocenters. The summed E-state index contributed by atoms with van der Waals surface area (Å²) in [6, 6.07) is 0.422. The van der Waals surface area contributed by atoms with Crippen LogP contribution in [-0.4, -0.2) is 53.6 Å². The SMILES string of the molecule is CNC1CCCN(Cc2c(C)nn(C)c2OCC(F)(F)F)C1.Cl. The highest BCUT2D eigenvalue weighted by Crippen LogP contribution is 2.26. The first-order valence-corrected chi connectivity index (χ1v) is 7.42. The zero-order chi connectivity index (χ0) is 16.3. The molecule has 134 valence electrons. The zero-order valence-electron chi connectivity index (χ0n) is 13.6. The van der Waals surface area contributed by atoms with Gasteiger partial charge in [0.2, 0.25) is 5.88 Å². The molecule has 0 aromatic carbocycles. The quantitative estimate of drug-likeness (QED) is 0.879. The summed E-state index contributed by atoms with van der Waals surface area (Å²) >= 11 is 0. The van der Waals surface area contributed by atoms with Crippen molar-refractivity contribution < 1.29 is 17.9 Å². The first kappa shape index (κ1) is 20.1. The molecule has 0 amide bonds. The highest BCUT2D eigenvalue weighted by molar-refractivity contribution is 5.85. The Balaban J connectivity index is 0.00000264. The molecular formula is C14H24ClF3N4O. The van der Waals surface area contributed by atoms with Gasteiger partial charge >= 0.3 is 6.18 Å². The average molecular weight is 357 g/mol. The van der Waals surface area contributed by atoms with Crippen LogP contribution in [0.4, 0.5) is 13.2 Å². The van der Waals surface area contributed by atoms with Crippen LogP contribution in [0, 0.1) is 6.92 Å². The van der Waals surface area contributed by atoms with Crippen molar-refractivity contribution in [2.45, 2.75) is 38.5 Å². The van der Waals surface area contributed by atoms with Gasteiger partial charge in [0, 0.05) is 26.2 Å². The first-order valence-electron chi connectivity index (χ1n) is 7.42. The summed E-state index contributed by atoms with van der Waals surface area (Å²) in [4.78, 5) is 2.23. The van der Waals surface area contributed by atoms with Crippen LogP contribution in [0.1, 0.15) is 24.1 Å². The van der Waals surface area contributed by atoms with Crippen molar-refractivity contribution in [1.29, 1.82) is 0 Å². The van der Waals surface area contributed by atoms with Crippen molar-refractivity contribution >= 4 is 12.4 Å². The number of likely N-dealkylation sites (tertiary alicyclic amines) is 1. The van der Waals surface area contributed by atoms with E-state index < -0.39 is 12.8 Å². The number of hydrogen-bond acceptors (Lipinski definition) is 4. The number of nitrogens with one attached hydrogen (secondary N) is 1. The minimum absolute atomic E-state index is 0. The van der Waals surface area contributed by atoms with Crippen molar-refractivity contribution in [2.75, 3.05) is 26.7 Å². The second kappa shape index (κ2) is 8.21. The molecule has 1 unspecified atom stereocenters. The van der Waals surface area contributed by atoms with Gasteiger partial charge < -0.3 is 10.1 Å². The monoisotopic (exact) mass is 356 g/mol. The standard InChI is InChI=1S/C14H23F3N4O.ClH/c1-10-12(8-21-6-4-5-11(7-21)18-2)13(20(3)19-10)22-9-14(15,16)17;/h11,18H,4-9H2,1-3H3;1H. The Bertz CT molecular complexity index is 507. The highest BCUT2D eigenvalue weighted by Gasteiger charge is 2.30. The van der Waals surface area contributed by atoms with E-state index in [1.807, 2.05) is 7.05 Å². The maximum absolute atomic E-state index is 12.4. The molecule has 0 spiro atoms. The van der Waals surface area contributed by atoms with Crippen LogP contribution >= 0.6 is 12.4 Å². The third-order valence-corrected chi connectivity index (χ3v) is 3.96. The fourth-order valence-electron chi connectivity index (χ4n) is 2.85. The minimum atomic E-state index is -4.35. The molecule has 5 nitrogen and oxygen atoms in total. The summed E-state index contributed by atoms with van der Waals surface area (Å²) in [5.41, 5.74) is 1.45. The zero-order valence-corrected chi connectivity index (χ0v) is 14.4. The van der Waals surface area contributed by atoms with Crippen molar-refractivity contribution in [3.63, 3.8) is 0 Å². The number of likely N-dealkylation sites (N-methyl/N-ethyl adjacent to an activating group) is 1. The van der Waals surface area contributed by atoms with E-state index in [0.29, 0.717) is 18.3 Å². The van der Waals surface area contributed by atoms with Crippen molar-refractivity contribution in [2.24, 2.45) is 7.05 Å². The number of hydrogen-bond donors (Lipinski definition) is 1. The second-order valence-corrected chi connectivity index (χ2v) is 5.76. The average Bonchev–Trinajstić information content (AvgIpc) is 2.70. The Labute approximate surface area is 140 Å². The topological polar surface area (TPSA) is 42.3 Å². The summed E-state index contributed by atoms with van der Waals surface area (Å²) in [5.74, 6) is 0.210. The van der Waals surface area contributed by atoms with Gasteiger partial charge in [-0.05, 0) is 33.4 Å². The molecule has 23 heavy (non-hydrogen) atoms. The molecule has 1 aromatic heterocycles. The molecule has 0 bridgehead atoms. The van der Waals surface area contributed by atoms with Gasteiger partial charge in [-0.2, -0.15) is 18.3 Å². The Hall–Kier alpha value is -0.990. The van der Waals surface area contributed by atoms with Gasteiger partial charge in [0.05, 0.1) is 11.3 Å². The van der Waals surface area contributed by atoms with Gasteiger partial charge in [0.15, 0.2) is 6.61 Å². The fourth-order valence-corrected chi connectivity index (χ4v) is 2.85. The lowest BCUT2D eigenvalue weighted by Crippen LogP contribution is -2.44. The van der Waals surface area contributed by atoms with E-state index in [1.54, 1.807) is 14.0 Å². The molecule has 2 rings (SSSR count). The number of halogens is 4. The summed E-state index contributed by atoms with van der Waals surface area (Å²) in [6.07, 6.45) is -2.15. The molecule has 0 saturated carbocycles. The van der Waals surface area contributed by atoms with Gasteiger partial charge in [0.25, 0.3) is 0 Å². The maximum Gasteiger partial charge on any atom is 0.422 e. The van der Waals surface area contributed by atoms with Crippen LogP contribution in [-0.2, 0) is 13.6 Å². The van der Waals surface area contributed by atoms with Gasteiger partial charge in [-0.15, -0.1) is 12.4 Å².